The van der Waals surface area contributed by atoms with Crippen LogP contribution in [0.15, 0.2) is 0 Å². The highest BCUT2D eigenvalue weighted by atomic mass is 19.4. The Hall–Kier alpha value is -0.290. The van der Waals surface area contributed by atoms with Gasteiger partial charge in [-0.15, -0.1) is 0 Å². The van der Waals surface area contributed by atoms with Crippen molar-refractivity contribution in [2.75, 3.05) is 13.7 Å². The third-order valence-corrected chi connectivity index (χ3v) is 3.06. The van der Waals surface area contributed by atoms with Crippen molar-refractivity contribution in [1.29, 1.82) is 0 Å². The van der Waals surface area contributed by atoms with E-state index >= 15 is 0 Å². The van der Waals surface area contributed by atoms with Gasteiger partial charge >= 0.3 is 6.18 Å². The third kappa shape index (κ3) is 3.99. The van der Waals surface area contributed by atoms with Crippen LogP contribution in [0.2, 0.25) is 0 Å². The molecule has 2 nitrogen and oxygen atoms in total. The second kappa shape index (κ2) is 5.16. The molecule has 0 saturated carbocycles. The number of nitrogens with one attached hydrogen (secondary N) is 1. The van der Waals surface area contributed by atoms with Crippen molar-refractivity contribution in [2.45, 2.75) is 44.5 Å². The number of ether oxygens (including phenoxy) is 1. The highest BCUT2D eigenvalue weighted by molar-refractivity contribution is 4.84. The van der Waals surface area contributed by atoms with E-state index in [4.69, 9.17) is 4.74 Å². The summed E-state index contributed by atoms with van der Waals surface area (Å²) in [4.78, 5) is 0. The van der Waals surface area contributed by atoms with Gasteiger partial charge in [-0.1, -0.05) is 0 Å². The van der Waals surface area contributed by atoms with Gasteiger partial charge in [0.25, 0.3) is 0 Å². The van der Waals surface area contributed by atoms with Crippen LogP contribution in [0.4, 0.5) is 13.2 Å². The standard InChI is InChI=1S/C10H18F3NO/c1-7-8(4-6-15-7)9(14-2)3-5-10(11,12)13/h7-9,14H,3-6H2,1-2H3. The molecule has 1 fully saturated rings. The molecule has 3 unspecified atom stereocenters. The van der Waals surface area contributed by atoms with Gasteiger partial charge < -0.3 is 10.1 Å². The van der Waals surface area contributed by atoms with Crippen LogP contribution < -0.4 is 5.32 Å². The van der Waals surface area contributed by atoms with Crippen molar-refractivity contribution in [3.63, 3.8) is 0 Å². The van der Waals surface area contributed by atoms with E-state index in [9.17, 15) is 13.2 Å². The van der Waals surface area contributed by atoms with Crippen molar-refractivity contribution in [3.8, 4) is 0 Å². The molecule has 1 N–H and O–H groups in total. The molecule has 0 aromatic heterocycles. The topological polar surface area (TPSA) is 21.3 Å². The molecule has 1 rings (SSSR count). The molecule has 1 saturated heterocycles. The minimum absolute atomic E-state index is 0.0654. The van der Waals surface area contributed by atoms with Crippen molar-refractivity contribution >= 4 is 0 Å². The number of hydrogen-bond donors (Lipinski definition) is 1. The lowest BCUT2D eigenvalue weighted by Gasteiger charge is -2.25. The van der Waals surface area contributed by atoms with E-state index in [1.54, 1.807) is 7.05 Å². The fraction of sp³-hybridized carbons (Fsp3) is 1.00. The molecule has 0 spiro atoms. The molecule has 0 aromatic carbocycles. The molecule has 0 aromatic rings. The highest BCUT2D eigenvalue weighted by Gasteiger charge is 2.34. The third-order valence-electron chi connectivity index (χ3n) is 3.06. The van der Waals surface area contributed by atoms with E-state index < -0.39 is 12.6 Å². The molecule has 1 heterocycles. The second-order valence-corrected chi connectivity index (χ2v) is 4.08. The fourth-order valence-electron chi connectivity index (χ4n) is 2.17. The first-order chi connectivity index (χ1) is 6.94. The molecule has 1 aliphatic rings. The molecule has 0 radical (unpaired) electrons. The van der Waals surface area contributed by atoms with Crippen LogP contribution in [-0.2, 0) is 4.74 Å². The van der Waals surface area contributed by atoms with Gasteiger partial charge in [0, 0.05) is 25.0 Å². The van der Waals surface area contributed by atoms with Crippen LogP contribution in [0.1, 0.15) is 26.2 Å². The Bertz CT molecular complexity index is 196. The maximum atomic E-state index is 12.1. The first-order valence-electron chi connectivity index (χ1n) is 5.29. The Balaban J connectivity index is 2.41. The van der Waals surface area contributed by atoms with E-state index in [0.29, 0.717) is 6.61 Å². The summed E-state index contributed by atoms with van der Waals surface area (Å²) in [6.45, 7) is 2.59. The van der Waals surface area contributed by atoms with Crippen LogP contribution in [-0.4, -0.2) is 32.0 Å². The van der Waals surface area contributed by atoms with Crippen molar-refractivity contribution in [3.05, 3.63) is 0 Å². The van der Waals surface area contributed by atoms with E-state index in [-0.39, 0.29) is 24.5 Å². The van der Waals surface area contributed by atoms with Gasteiger partial charge in [0.15, 0.2) is 0 Å². The summed E-state index contributed by atoms with van der Waals surface area (Å²) >= 11 is 0. The molecule has 3 atom stereocenters. The Labute approximate surface area is 88.2 Å². The Morgan fingerprint density at radius 2 is 2.13 bits per heavy atom. The Morgan fingerprint density at radius 3 is 2.53 bits per heavy atom. The van der Waals surface area contributed by atoms with Gasteiger partial charge in [0.2, 0.25) is 0 Å². The first-order valence-corrected chi connectivity index (χ1v) is 5.29. The molecule has 0 amide bonds. The molecule has 0 bridgehead atoms. The maximum absolute atomic E-state index is 12.1. The lowest BCUT2D eigenvalue weighted by molar-refractivity contribution is -0.137. The smallest absolute Gasteiger partial charge is 0.378 e. The number of rotatable bonds is 4. The van der Waals surface area contributed by atoms with Gasteiger partial charge in [-0.25, -0.2) is 0 Å². The van der Waals surface area contributed by atoms with Crippen molar-refractivity contribution in [1.82, 2.24) is 5.32 Å². The Kier molecular flexibility index (Phi) is 4.40. The van der Waals surface area contributed by atoms with E-state index in [1.165, 1.54) is 0 Å². The van der Waals surface area contributed by atoms with Crippen molar-refractivity contribution in [2.24, 2.45) is 5.92 Å². The van der Waals surface area contributed by atoms with Crippen LogP contribution in [0.5, 0.6) is 0 Å². The molecule has 5 heteroatoms. The van der Waals surface area contributed by atoms with Crippen LogP contribution >= 0.6 is 0 Å². The summed E-state index contributed by atoms with van der Waals surface area (Å²) in [5.74, 6) is 0.206. The average Bonchev–Trinajstić information content (AvgIpc) is 2.52. The lowest BCUT2D eigenvalue weighted by atomic mass is 9.90. The van der Waals surface area contributed by atoms with Gasteiger partial charge in [0.05, 0.1) is 6.10 Å². The summed E-state index contributed by atoms with van der Waals surface area (Å²) in [6.07, 6.45) is -3.72. The zero-order valence-corrected chi connectivity index (χ0v) is 9.10. The minimum atomic E-state index is -4.06. The van der Waals surface area contributed by atoms with E-state index in [2.05, 4.69) is 5.32 Å². The summed E-state index contributed by atoms with van der Waals surface area (Å²) in [5, 5.41) is 2.97. The zero-order chi connectivity index (χ0) is 11.5. The first kappa shape index (κ1) is 12.8. The van der Waals surface area contributed by atoms with E-state index in [1.807, 2.05) is 6.92 Å². The summed E-state index contributed by atoms with van der Waals surface area (Å²) in [7, 11) is 1.71. The quantitative estimate of drug-likeness (QED) is 0.793. The van der Waals surface area contributed by atoms with E-state index in [0.717, 1.165) is 6.42 Å². The number of alkyl halides is 3. The summed E-state index contributed by atoms with van der Waals surface area (Å²) < 4.78 is 41.6. The predicted molar refractivity (Wildman–Crippen MR) is 51.7 cm³/mol. The predicted octanol–water partition coefficient (Wildman–Crippen LogP) is 2.34. The maximum Gasteiger partial charge on any atom is 0.389 e. The number of hydrogen-bond acceptors (Lipinski definition) is 2. The average molecular weight is 225 g/mol. The highest BCUT2D eigenvalue weighted by Crippen LogP contribution is 2.29. The molecular formula is C10H18F3NO. The van der Waals surface area contributed by atoms with Gasteiger partial charge in [-0.3, -0.25) is 0 Å². The SMILES string of the molecule is CNC(CCC(F)(F)F)C1CCOC1C. The molecule has 90 valence electrons. The fourth-order valence-corrected chi connectivity index (χ4v) is 2.17. The minimum Gasteiger partial charge on any atom is -0.378 e. The van der Waals surface area contributed by atoms with Gasteiger partial charge in [0.1, 0.15) is 0 Å². The summed E-state index contributed by atoms with van der Waals surface area (Å²) in [5.41, 5.74) is 0. The zero-order valence-electron chi connectivity index (χ0n) is 9.10. The molecule has 1 aliphatic heterocycles. The Morgan fingerprint density at radius 1 is 1.47 bits per heavy atom. The molecular weight excluding hydrogens is 207 g/mol. The van der Waals surface area contributed by atoms with Gasteiger partial charge in [-0.2, -0.15) is 13.2 Å². The van der Waals surface area contributed by atoms with Crippen LogP contribution in [0, 0.1) is 5.92 Å². The lowest BCUT2D eigenvalue weighted by Crippen LogP contribution is -2.37. The molecule has 0 aliphatic carbocycles. The molecule has 15 heavy (non-hydrogen) atoms. The summed E-state index contributed by atoms with van der Waals surface area (Å²) in [6, 6.07) is -0.0934. The van der Waals surface area contributed by atoms with Gasteiger partial charge in [-0.05, 0) is 26.8 Å². The second-order valence-electron chi connectivity index (χ2n) is 4.08. The van der Waals surface area contributed by atoms with Crippen LogP contribution in [0.3, 0.4) is 0 Å². The number of halogens is 3. The van der Waals surface area contributed by atoms with Crippen molar-refractivity contribution < 1.29 is 17.9 Å². The largest absolute Gasteiger partial charge is 0.389 e. The van der Waals surface area contributed by atoms with Crippen LogP contribution in [0.25, 0.3) is 0 Å². The monoisotopic (exact) mass is 225 g/mol. The normalized spacial score (nSPS) is 29.4.